The first-order valence-electron chi connectivity index (χ1n) is 2.97. The van der Waals surface area contributed by atoms with Crippen LogP contribution in [0.2, 0.25) is 0 Å². The fraction of sp³-hybridized carbons (Fsp3) is 0.833. The minimum Gasteiger partial charge on any atom is -0.394 e. The van der Waals surface area contributed by atoms with E-state index in [9.17, 15) is 4.79 Å². The SMILES string of the molecule is CC(CC=O)OCCO. The molecule has 3 heteroatoms. The second kappa shape index (κ2) is 5.72. The Morgan fingerprint density at radius 2 is 2.44 bits per heavy atom. The van der Waals surface area contributed by atoms with Crippen LogP contribution in [-0.4, -0.2) is 30.7 Å². The molecule has 1 atom stereocenters. The molecule has 54 valence electrons. The number of aliphatic hydroxyl groups excluding tert-OH is 1. The fourth-order valence-corrected chi connectivity index (χ4v) is 0.457. The maximum absolute atomic E-state index is 9.84. The summed E-state index contributed by atoms with van der Waals surface area (Å²) in [5.74, 6) is 0. The molecule has 3 nitrogen and oxygen atoms in total. The number of carbonyl (C=O) groups excluding carboxylic acids is 1. The average molecular weight is 132 g/mol. The zero-order chi connectivity index (χ0) is 7.11. The molecule has 0 aromatic heterocycles. The van der Waals surface area contributed by atoms with Crippen molar-refractivity contribution in [2.75, 3.05) is 13.2 Å². The highest BCUT2D eigenvalue weighted by Gasteiger charge is 1.97. The van der Waals surface area contributed by atoms with Crippen LogP contribution in [0.25, 0.3) is 0 Å². The number of carbonyl (C=O) groups is 1. The van der Waals surface area contributed by atoms with E-state index in [0.717, 1.165) is 6.29 Å². The molecule has 0 aliphatic carbocycles. The van der Waals surface area contributed by atoms with Crippen molar-refractivity contribution in [3.63, 3.8) is 0 Å². The molecule has 0 bridgehead atoms. The first-order valence-corrected chi connectivity index (χ1v) is 2.97. The lowest BCUT2D eigenvalue weighted by Crippen LogP contribution is -2.11. The molecule has 1 N–H and O–H groups in total. The van der Waals surface area contributed by atoms with Crippen LogP contribution in [-0.2, 0) is 9.53 Å². The Kier molecular flexibility index (Phi) is 5.46. The highest BCUT2D eigenvalue weighted by molar-refractivity contribution is 5.49. The highest BCUT2D eigenvalue weighted by Crippen LogP contribution is 1.92. The Balaban J connectivity index is 3.04. The van der Waals surface area contributed by atoms with Gasteiger partial charge < -0.3 is 14.6 Å². The van der Waals surface area contributed by atoms with Gasteiger partial charge in [0.05, 0.1) is 19.3 Å². The summed E-state index contributed by atoms with van der Waals surface area (Å²) in [5, 5.41) is 8.27. The van der Waals surface area contributed by atoms with Gasteiger partial charge in [-0.3, -0.25) is 0 Å². The predicted molar refractivity (Wildman–Crippen MR) is 33.2 cm³/mol. The highest BCUT2D eigenvalue weighted by atomic mass is 16.5. The smallest absolute Gasteiger partial charge is 0.122 e. The maximum Gasteiger partial charge on any atom is 0.122 e. The predicted octanol–water partition coefficient (Wildman–Crippen LogP) is -0.0272. The molecular formula is C6H12O3. The molecular weight excluding hydrogens is 120 g/mol. The second-order valence-corrected chi connectivity index (χ2v) is 1.81. The Hall–Kier alpha value is -0.410. The summed E-state index contributed by atoms with van der Waals surface area (Å²) in [7, 11) is 0. The Labute approximate surface area is 54.6 Å². The monoisotopic (exact) mass is 132 g/mol. The average Bonchev–Trinajstić information content (AvgIpc) is 1.85. The van der Waals surface area contributed by atoms with Crippen LogP contribution < -0.4 is 0 Å². The van der Waals surface area contributed by atoms with E-state index in [2.05, 4.69) is 0 Å². The van der Waals surface area contributed by atoms with Crippen LogP contribution in [0.15, 0.2) is 0 Å². The lowest BCUT2D eigenvalue weighted by molar-refractivity contribution is -0.110. The lowest BCUT2D eigenvalue weighted by Gasteiger charge is -2.06. The van der Waals surface area contributed by atoms with Crippen LogP contribution in [0.5, 0.6) is 0 Å². The minimum absolute atomic E-state index is 0.0171. The molecule has 0 rings (SSSR count). The summed E-state index contributed by atoms with van der Waals surface area (Å²) in [6, 6.07) is 0. The van der Waals surface area contributed by atoms with Gasteiger partial charge in [0.15, 0.2) is 0 Å². The molecule has 1 unspecified atom stereocenters. The Bertz CT molecular complexity index is 72.7. The number of hydrogen-bond donors (Lipinski definition) is 1. The van der Waals surface area contributed by atoms with Gasteiger partial charge in [-0.25, -0.2) is 0 Å². The van der Waals surface area contributed by atoms with E-state index >= 15 is 0 Å². The van der Waals surface area contributed by atoms with E-state index in [0.29, 0.717) is 13.0 Å². The first-order chi connectivity index (χ1) is 4.31. The third kappa shape index (κ3) is 5.46. The van der Waals surface area contributed by atoms with Gasteiger partial charge in [0.2, 0.25) is 0 Å². The quantitative estimate of drug-likeness (QED) is 0.534. The Morgan fingerprint density at radius 3 is 2.89 bits per heavy atom. The summed E-state index contributed by atoms with van der Waals surface area (Å²) >= 11 is 0. The molecule has 0 heterocycles. The van der Waals surface area contributed by atoms with Crippen molar-refractivity contribution in [2.45, 2.75) is 19.4 Å². The third-order valence-electron chi connectivity index (χ3n) is 0.922. The number of aliphatic hydroxyl groups is 1. The molecule has 0 fully saturated rings. The third-order valence-corrected chi connectivity index (χ3v) is 0.922. The van der Waals surface area contributed by atoms with Crippen molar-refractivity contribution in [3.8, 4) is 0 Å². The fourth-order valence-electron chi connectivity index (χ4n) is 0.457. The largest absolute Gasteiger partial charge is 0.394 e. The van der Waals surface area contributed by atoms with Crippen molar-refractivity contribution < 1.29 is 14.6 Å². The zero-order valence-corrected chi connectivity index (χ0v) is 5.54. The normalized spacial score (nSPS) is 13.1. The minimum atomic E-state index is -0.0605. The summed E-state index contributed by atoms with van der Waals surface area (Å²) < 4.78 is 4.95. The van der Waals surface area contributed by atoms with Crippen molar-refractivity contribution in [1.29, 1.82) is 0 Å². The second-order valence-electron chi connectivity index (χ2n) is 1.81. The lowest BCUT2D eigenvalue weighted by atomic mass is 10.3. The van der Waals surface area contributed by atoms with Gasteiger partial charge in [-0.1, -0.05) is 0 Å². The van der Waals surface area contributed by atoms with Crippen LogP contribution >= 0.6 is 0 Å². The number of ether oxygens (including phenoxy) is 1. The molecule has 0 saturated heterocycles. The van der Waals surface area contributed by atoms with Gasteiger partial charge in [0, 0.05) is 6.42 Å². The van der Waals surface area contributed by atoms with E-state index in [1.807, 2.05) is 0 Å². The van der Waals surface area contributed by atoms with E-state index in [4.69, 9.17) is 9.84 Å². The molecule has 0 aliphatic heterocycles. The molecule has 9 heavy (non-hydrogen) atoms. The zero-order valence-electron chi connectivity index (χ0n) is 5.54. The van der Waals surface area contributed by atoms with E-state index < -0.39 is 0 Å². The van der Waals surface area contributed by atoms with Gasteiger partial charge >= 0.3 is 0 Å². The Morgan fingerprint density at radius 1 is 1.78 bits per heavy atom. The summed E-state index contributed by atoms with van der Waals surface area (Å²) in [6.07, 6.45) is 1.15. The molecule has 0 saturated carbocycles. The van der Waals surface area contributed by atoms with Crippen molar-refractivity contribution in [3.05, 3.63) is 0 Å². The molecule has 0 amide bonds. The van der Waals surface area contributed by atoms with Gasteiger partial charge in [0.1, 0.15) is 6.29 Å². The molecule has 0 spiro atoms. The van der Waals surface area contributed by atoms with Crippen molar-refractivity contribution in [1.82, 2.24) is 0 Å². The van der Waals surface area contributed by atoms with Crippen LogP contribution in [0, 0.1) is 0 Å². The maximum atomic E-state index is 9.84. The van der Waals surface area contributed by atoms with Gasteiger partial charge in [-0.2, -0.15) is 0 Å². The van der Waals surface area contributed by atoms with Gasteiger partial charge in [0.25, 0.3) is 0 Å². The molecule has 0 aromatic rings. The van der Waals surface area contributed by atoms with Crippen LogP contribution in [0.1, 0.15) is 13.3 Å². The van der Waals surface area contributed by atoms with E-state index in [1.165, 1.54) is 0 Å². The van der Waals surface area contributed by atoms with Crippen molar-refractivity contribution in [2.24, 2.45) is 0 Å². The van der Waals surface area contributed by atoms with Gasteiger partial charge in [-0.05, 0) is 6.92 Å². The van der Waals surface area contributed by atoms with Gasteiger partial charge in [-0.15, -0.1) is 0 Å². The standard InChI is InChI=1S/C6H12O3/c1-6(2-3-7)9-5-4-8/h3,6,8H,2,4-5H2,1H3. The van der Waals surface area contributed by atoms with Crippen LogP contribution in [0.4, 0.5) is 0 Å². The van der Waals surface area contributed by atoms with E-state index in [-0.39, 0.29) is 12.7 Å². The topological polar surface area (TPSA) is 46.5 Å². The molecule has 0 aliphatic rings. The van der Waals surface area contributed by atoms with Crippen molar-refractivity contribution >= 4 is 6.29 Å². The summed E-state index contributed by atoms with van der Waals surface area (Å²) in [4.78, 5) is 9.84. The summed E-state index contributed by atoms with van der Waals surface area (Å²) in [5.41, 5.74) is 0. The first kappa shape index (κ1) is 8.59. The molecule has 0 aromatic carbocycles. The number of rotatable bonds is 5. The van der Waals surface area contributed by atoms with Crippen LogP contribution in [0.3, 0.4) is 0 Å². The number of aldehydes is 1. The molecule has 0 radical (unpaired) electrons. The summed E-state index contributed by atoms with van der Waals surface area (Å²) in [6.45, 7) is 2.13. The number of hydrogen-bond acceptors (Lipinski definition) is 3. The van der Waals surface area contributed by atoms with E-state index in [1.54, 1.807) is 6.92 Å².